The maximum absolute atomic E-state index is 12.1. The van der Waals surface area contributed by atoms with E-state index in [-0.39, 0.29) is 0 Å². The van der Waals surface area contributed by atoms with Crippen LogP contribution in [0.2, 0.25) is 0 Å². The number of aromatic nitrogens is 2. The Labute approximate surface area is 155 Å². The molecule has 2 aromatic rings. The second-order valence-electron chi connectivity index (χ2n) is 5.39. The van der Waals surface area contributed by atoms with Crippen molar-refractivity contribution >= 4 is 40.7 Å². The van der Waals surface area contributed by atoms with Crippen molar-refractivity contribution in [3.8, 4) is 0 Å². The fourth-order valence-electron chi connectivity index (χ4n) is 2.33. The largest absolute Gasteiger partial charge is 0.462 e. The number of ether oxygens (including phenoxy) is 1. The summed E-state index contributed by atoms with van der Waals surface area (Å²) in [5.74, 6) is -0.802. The second-order valence-corrected chi connectivity index (χ2v) is 6.70. The van der Waals surface area contributed by atoms with Gasteiger partial charge >= 0.3 is 12.0 Å². The normalized spacial score (nSPS) is 11.8. The number of carbonyl (C=O) groups excluding carboxylic acids is 3. The van der Waals surface area contributed by atoms with Gasteiger partial charge in [-0.2, -0.15) is 0 Å². The summed E-state index contributed by atoms with van der Waals surface area (Å²) in [4.78, 5) is 39.8. The number of aryl methyl sites for hydroxylation is 1. The first kappa shape index (κ1) is 19.8. The van der Waals surface area contributed by atoms with Crippen LogP contribution in [0.4, 0.5) is 4.79 Å². The third-order valence-corrected chi connectivity index (χ3v) is 4.75. The average Bonchev–Trinajstić information content (AvgIpc) is 2.97. The number of fused-ring (bicyclic) bond motifs is 1. The first-order valence-corrected chi connectivity index (χ1v) is 9.15. The molecule has 9 heteroatoms. The first-order chi connectivity index (χ1) is 12.4. The summed E-state index contributed by atoms with van der Waals surface area (Å²) in [7, 11) is 1.44. The molecule has 8 nitrogen and oxygen atoms in total. The molecule has 26 heavy (non-hydrogen) atoms. The zero-order valence-electron chi connectivity index (χ0n) is 15.2. The predicted molar refractivity (Wildman–Crippen MR) is 99.3 cm³/mol. The van der Waals surface area contributed by atoms with Gasteiger partial charge in [0.05, 0.1) is 28.5 Å². The lowest BCUT2D eigenvalue weighted by molar-refractivity contribution is -0.119. The molecule has 0 saturated heterocycles. The minimum atomic E-state index is -0.550. The topological polar surface area (TPSA) is 102 Å². The molecule has 2 rings (SSSR count). The molecule has 0 bridgehead atoms. The Morgan fingerprint density at radius 2 is 2.04 bits per heavy atom. The summed E-state index contributed by atoms with van der Waals surface area (Å²) in [5.41, 5.74) is 1.95. The number of nitrogens with one attached hydrogen (secondary N) is 2. The summed E-state index contributed by atoms with van der Waals surface area (Å²) in [5, 5.41) is 4.72. The molecule has 0 fully saturated rings. The molecule has 0 spiro atoms. The van der Waals surface area contributed by atoms with Gasteiger partial charge in [-0.05, 0) is 39.0 Å². The molecule has 3 amide bonds. The lowest BCUT2D eigenvalue weighted by Crippen LogP contribution is -2.41. The van der Waals surface area contributed by atoms with Crippen LogP contribution in [0.15, 0.2) is 23.4 Å². The highest BCUT2D eigenvalue weighted by Gasteiger charge is 2.21. The van der Waals surface area contributed by atoms with Crippen molar-refractivity contribution in [1.29, 1.82) is 0 Å². The van der Waals surface area contributed by atoms with E-state index in [0.29, 0.717) is 29.4 Å². The van der Waals surface area contributed by atoms with E-state index in [9.17, 15) is 14.4 Å². The SMILES string of the molecule is CCOC(=O)c1ccc2c(c1)nc(S[C@H](C)C(=O)NC(=O)NC)n2CC. The quantitative estimate of drug-likeness (QED) is 0.590. The number of benzene rings is 1. The summed E-state index contributed by atoms with van der Waals surface area (Å²) in [6.07, 6.45) is 0. The van der Waals surface area contributed by atoms with Gasteiger partial charge in [-0.1, -0.05) is 11.8 Å². The van der Waals surface area contributed by atoms with Gasteiger partial charge in [-0.15, -0.1) is 0 Å². The number of carbonyl (C=O) groups is 3. The fraction of sp³-hybridized carbons (Fsp3) is 0.412. The van der Waals surface area contributed by atoms with Crippen LogP contribution in [0.1, 0.15) is 31.1 Å². The molecule has 0 unspecified atom stereocenters. The Morgan fingerprint density at radius 3 is 2.65 bits per heavy atom. The summed E-state index contributed by atoms with van der Waals surface area (Å²) < 4.78 is 6.97. The fourth-order valence-corrected chi connectivity index (χ4v) is 3.32. The van der Waals surface area contributed by atoms with Crippen molar-refractivity contribution in [3.63, 3.8) is 0 Å². The highest BCUT2D eigenvalue weighted by Crippen LogP contribution is 2.28. The van der Waals surface area contributed by atoms with Crippen molar-refractivity contribution < 1.29 is 19.1 Å². The van der Waals surface area contributed by atoms with E-state index in [0.717, 1.165) is 5.52 Å². The van der Waals surface area contributed by atoms with Gasteiger partial charge in [-0.3, -0.25) is 10.1 Å². The number of imide groups is 1. The molecule has 0 aliphatic carbocycles. The number of nitrogens with zero attached hydrogens (tertiary/aromatic N) is 2. The molecule has 1 atom stereocenters. The van der Waals surface area contributed by atoms with E-state index in [4.69, 9.17) is 4.74 Å². The summed E-state index contributed by atoms with van der Waals surface area (Å²) in [6, 6.07) is 4.64. The van der Waals surface area contributed by atoms with Crippen molar-refractivity contribution in [2.24, 2.45) is 0 Å². The predicted octanol–water partition coefficient (Wildman–Crippen LogP) is 2.17. The van der Waals surface area contributed by atoms with E-state index in [1.165, 1.54) is 18.8 Å². The molecular weight excluding hydrogens is 356 g/mol. The zero-order valence-corrected chi connectivity index (χ0v) is 16.0. The number of urea groups is 1. The monoisotopic (exact) mass is 378 g/mol. The third-order valence-electron chi connectivity index (χ3n) is 3.66. The summed E-state index contributed by atoms with van der Waals surface area (Å²) in [6.45, 7) is 6.38. The van der Waals surface area contributed by atoms with Crippen LogP contribution in [0.3, 0.4) is 0 Å². The van der Waals surface area contributed by atoms with E-state index >= 15 is 0 Å². The lowest BCUT2D eigenvalue weighted by atomic mass is 10.2. The van der Waals surface area contributed by atoms with Gasteiger partial charge in [0, 0.05) is 13.6 Å². The highest BCUT2D eigenvalue weighted by molar-refractivity contribution is 8.00. The van der Waals surface area contributed by atoms with Gasteiger partial charge in [0.15, 0.2) is 5.16 Å². The van der Waals surface area contributed by atoms with E-state index < -0.39 is 23.2 Å². The lowest BCUT2D eigenvalue weighted by Gasteiger charge is -2.11. The van der Waals surface area contributed by atoms with E-state index in [1.54, 1.807) is 26.0 Å². The van der Waals surface area contributed by atoms with Gasteiger partial charge < -0.3 is 14.6 Å². The molecule has 1 aromatic heterocycles. The van der Waals surface area contributed by atoms with E-state index in [2.05, 4.69) is 15.6 Å². The number of hydrogen-bond acceptors (Lipinski definition) is 6. The van der Waals surface area contributed by atoms with Crippen LogP contribution in [0, 0.1) is 0 Å². The average molecular weight is 378 g/mol. The number of thioether (sulfide) groups is 1. The van der Waals surface area contributed by atoms with Gasteiger partial charge in [0.2, 0.25) is 5.91 Å². The van der Waals surface area contributed by atoms with Crippen LogP contribution in [-0.2, 0) is 16.1 Å². The van der Waals surface area contributed by atoms with Crippen molar-refractivity contribution in [1.82, 2.24) is 20.2 Å². The first-order valence-electron chi connectivity index (χ1n) is 8.27. The Hall–Kier alpha value is -2.55. The molecule has 0 radical (unpaired) electrons. The van der Waals surface area contributed by atoms with Crippen LogP contribution in [0.5, 0.6) is 0 Å². The Bertz CT molecular complexity index is 834. The number of hydrogen-bond donors (Lipinski definition) is 2. The number of esters is 1. The molecule has 0 aliphatic heterocycles. The molecule has 2 N–H and O–H groups in total. The van der Waals surface area contributed by atoms with Crippen LogP contribution in [-0.4, -0.2) is 46.4 Å². The van der Waals surface area contributed by atoms with Crippen molar-refractivity contribution in [2.75, 3.05) is 13.7 Å². The van der Waals surface area contributed by atoms with Gasteiger partial charge in [0.25, 0.3) is 0 Å². The number of imidazole rings is 1. The van der Waals surface area contributed by atoms with Crippen molar-refractivity contribution in [2.45, 2.75) is 37.7 Å². The van der Waals surface area contributed by atoms with Crippen molar-refractivity contribution in [3.05, 3.63) is 23.8 Å². The Kier molecular flexibility index (Phi) is 6.62. The van der Waals surface area contributed by atoms with Crippen LogP contribution in [0.25, 0.3) is 11.0 Å². The third kappa shape index (κ3) is 4.34. The second kappa shape index (κ2) is 8.70. The zero-order chi connectivity index (χ0) is 19.3. The number of amides is 3. The molecular formula is C17H22N4O4S. The van der Waals surface area contributed by atoms with Gasteiger partial charge in [-0.25, -0.2) is 14.6 Å². The molecule has 1 aromatic carbocycles. The molecule has 0 saturated carbocycles. The highest BCUT2D eigenvalue weighted by atomic mass is 32.2. The van der Waals surface area contributed by atoms with Crippen LogP contribution >= 0.6 is 11.8 Å². The maximum atomic E-state index is 12.1. The maximum Gasteiger partial charge on any atom is 0.338 e. The molecule has 140 valence electrons. The number of rotatable bonds is 6. The summed E-state index contributed by atoms with van der Waals surface area (Å²) >= 11 is 1.25. The Balaban J connectivity index is 2.28. The molecule has 1 heterocycles. The smallest absolute Gasteiger partial charge is 0.338 e. The Morgan fingerprint density at radius 1 is 1.31 bits per heavy atom. The van der Waals surface area contributed by atoms with E-state index in [1.807, 2.05) is 17.6 Å². The van der Waals surface area contributed by atoms with Gasteiger partial charge in [0.1, 0.15) is 0 Å². The van der Waals surface area contributed by atoms with Crippen LogP contribution < -0.4 is 10.6 Å². The standard InChI is InChI=1S/C17H22N4O4S/c1-5-21-13-8-7-11(15(23)25-6-2)9-12(13)19-17(21)26-10(3)14(22)20-16(24)18-4/h7-10H,5-6H2,1-4H3,(H2,18,20,22,24)/t10-/m1/s1. The minimum Gasteiger partial charge on any atom is -0.462 e. The minimum absolute atomic E-state index is 0.305. The molecule has 0 aliphatic rings.